The molecule has 0 bridgehead atoms. The Morgan fingerprint density at radius 3 is 2.23 bits per heavy atom. The maximum absolute atomic E-state index is 12.1. The Kier molecular flexibility index (Phi) is 7.96. The average molecular weight is 356 g/mol. The topological polar surface area (TPSA) is 50.8 Å². The summed E-state index contributed by atoms with van der Waals surface area (Å²) in [6, 6.07) is 15.9. The first kappa shape index (κ1) is 19.8. The summed E-state index contributed by atoms with van der Waals surface area (Å²) in [5.74, 6) is 1.75. The van der Waals surface area contributed by atoms with E-state index >= 15 is 0 Å². The Balaban J connectivity index is 1.69. The van der Waals surface area contributed by atoms with Crippen LogP contribution in [-0.4, -0.2) is 44.7 Å². The molecular weight excluding hydrogens is 328 g/mol. The van der Waals surface area contributed by atoms with Crippen LogP contribution in [0.4, 0.5) is 0 Å². The molecule has 0 spiro atoms. The standard InChI is InChI=1S/C21H28N2O3/c1-4-26-20-11-7-18(8-12-20)15-23(2)16-21(24)22-14-13-17-5-9-19(25-3)10-6-17/h5-12H,4,13-16H2,1-3H3,(H,22,24). The third-order valence-corrected chi connectivity index (χ3v) is 4.00. The zero-order valence-corrected chi connectivity index (χ0v) is 15.8. The van der Waals surface area contributed by atoms with Gasteiger partial charge in [0, 0.05) is 13.1 Å². The quantitative estimate of drug-likeness (QED) is 0.711. The van der Waals surface area contributed by atoms with Crippen LogP contribution in [0.15, 0.2) is 48.5 Å². The summed E-state index contributed by atoms with van der Waals surface area (Å²) in [5.41, 5.74) is 2.33. The van der Waals surface area contributed by atoms with E-state index in [0.29, 0.717) is 19.7 Å². The van der Waals surface area contributed by atoms with Gasteiger partial charge in [0.05, 0.1) is 20.3 Å². The molecule has 0 saturated carbocycles. The predicted molar refractivity (Wildman–Crippen MR) is 104 cm³/mol. The van der Waals surface area contributed by atoms with Gasteiger partial charge >= 0.3 is 0 Å². The second kappa shape index (κ2) is 10.5. The van der Waals surface area contributed by atoms with Crippen LogP contribution in [0, 0.1) is 0 Å². The lowest BCUT2D eigenvalue weighted by Gasteiger charge is -2.16. The normalized spacial score (nSPS) is 10.6. The van der Waals surface area contributed by atoms with Gasteiger partial charge in [-0.25, -0.2) is 0 Å². The molecule has 0 saturated heterocycles. The molecule has 2 rings (SSSR count). The second-order valence-corrected chi connectivity index (χ2v) is 6.20. The number of rotatable bonds is 10. The highest BCUT2D eigenvalue weighted by atomic mass is 16.5. The van der Waals surface area contributed by atoms with Crippen LogP contribution >= 0.6 is 0 Å². The van der Waals surface area contributed by atoms with Gasteiger partial charge in [-0.05, 0) is 55.8 Å². The molecule has 0 heterocycles. The van der Waals surface area contributed by atoms with E-state index < -0.39 is 0 Å². The number of methoxy groups -OCH3 is 1. The van der Waals surface area contributed by atoms with Crippen molar-refractivity contribution in [2.24, 2.45) is 0 Å². The van der Waals surface area contributed by atoms with Crippen molar-refractivity contribution >= 4 is 5.91 Å². The second-order valence-electron chi connectivity index (χ2n) is 6.20. The number of carbonyl (C=O) groups is 1. The van der Waals surface area contributed by atoms with E-state index in [0.717, 1.165) is 30.0 Å². The van der Waals surface area contributed by atoms with Crippen LogP contribution in [0.3, 0.4) is 0 Å². The molecule has 0 fully saturated rings. The van der Waals surface area contributed by atoms with Gasteiger partial charge in [-0.3, -0.25) is 9.69 Å². The van der Waals surface area contributed by atoms with E-state index in [1.165, 1.54) is 5.56 Å². The first-order chi connectivity index (χ1) is 12.6. The van der Waals surface area contributed by atoms with Gasteiger partial charge in [0.15, 0.2) is 0 Å². The van der Waals surface area contributed by atoms with Crippen LogP contribution in [0.1, 0.15) is 18.1 Å². The third-order valence-electron chi connectivity index (χ3n) is 4.00. The molecule has 0 radical (unpaired) electrons. The Bertz CT molecular complexity index is 669. The minimum absolute atomic E-state index is 0.0342. The molecule has 5 nitrogen and oxygen atoms in total. The van der Waals surface area contributed by atoms with Crippen LogP contribution in [0.5, 0.6) is 11.5 Å². The summed E-state index contributed by atoms with van der Waals surface area (Å²) in [6.07, 6.45) is 0.804. The number of likely N-dealkylation sites (N-methyl/N-ethyl adjacent to an activating group) is 1. The number of nitrogens with one attached hydrogen (secondary N) is 1. The largest absolute Gasteiger partial charge is 0.497 e. The minimum atomic E-state index is 0.0342. The summed E-state index contributed by atoms with van der Waals surface area (Å²) < 4.78 is 10.6. The fraction of sp³-hybridized carbons (Fsp3) is 0.381. The molecule has 0 aliphatic carbocycles. The molecule has 0 atom stereocenters. The van der Waals surface area contributed by atoms with Crippen molar-refractivity contribution in [1.29, 1.82) is 0 Å². The van der Waals surface area contributed by atoms with Gasteiger partial charge in [0.1, 0.15) is 11.5 Å². The molecule has 2 aromatic carbocycles. The predicted octanol–water partition coefficient (Wildman–Crippen LogP) is 2.88. The van der Waals surface area contributed by atoms with E-state index in [9.17, 15) is 4.79 Å². The number of ether oxygens (including phenoxy) is 2. The highest BCUT2D eigenvalue weighted by Crippen LogP contribution is 2.13. The van der Waals surface area contributed by atoms with Gasteiger partial charge in [-0.15, -0.1) is 0 Å². The fourth-order valence-corrected chi connectivity index (χ4v) is 2.66. The minimum Gasteiger partial charge on any atom is -0.497 e. The number of benzene rings is 2. The lowest BCUT2D eigenvalue weighted by molar-refractivity contribution is -0.122. The molecule has 0 unspecified atom stereocenters. The first-order valence-electron chi connectivity index (χ1n) is 8.90. The molecule has 5 heteroatoms. The Labute approximate surface area is 155 Å². The summed E-state index contributed by atoms with van der Waals surface area (Å²) in [5, 5.41) is 2.97. The lowest BCUT2D eigenvalue weighted by Crippen LogP contribution is -2.35. The molecule has 0 aromatic heterocycles. The van der Waals surface area contributed by atoms with E-state index in [2.05, 4.69) is 5.32 Å². The zero-order chi connectivity index (χ0) is 18.8. The van der Waals surface area contributed by atoms with Crippen molar-refractivity contribution in [2.45, 2.75) is 19.9 Å². The molecule has 0 aliphatic heterocycles. The number of nitrogens with zero attached hydrogens (tertiary/aromatic N) is 1. The molecule has 140 valence electrons. The maximum atomic E-state index is 12.1. The summed E-state index contributed by atoms with van der Waals surface area (Å²) in [4.78, 5) is 14.1. The SMILES string of the molecule is CCOc1ccc(CN(C)CC(=O)NCCc2ccc(OC)cc2)cc1. The van der Waals surface area contributed by atoms with Crippen molar-refractivity contribution in [3.8, 4) is 11.5 Å². The van der Waals surface area contributed by atoms with E-state index in [-0.39, 0.29) is 5.91 Å². The molecule has 1 N–H and O–H groups in total. The molecule has 2 aromatic rings. The van der Waals surface area contributed by atoms with E-state index in [1.807, 2.05) is 67.4 Å². The van der Waals surface area contributed by atoms with Crippen molar-refractivity contribution in [3.05, 3.63) is 59.7 Å². The number of hydrogen-bond acceptors (Lipinski definition) is 4. The average Bonchev–Trinajstić information content (AvgIpc) is 2.64. The van der Waals surface area contributed by atoms with Crippen molar-refractivity contribution in [2.75, 3.05) is 33.9 Å². The number of amides is 1. The fourth-order valence-electron chi connectivity index (χ4n) is 2.66. The highest BCUT2D eigenvalue weighted by molar-refractivity contribution is 5.77. The Morgan fingerprint density at radius 2 is 1.62 bits per heavy atom. The Morgan fingerprint density at radius 1 is 1.00 bits per heavy atom. The molecule has 26 heavy (non-hydrogen) atoms. The van der Waals surface area contributed by atoms with Crippen LogP contribution in [0.25, 0.3) is 0 Å². The third kappa shape index (κ3) is 6.76. The monoisotopic (exact) mass is 356 g/mol. The molecule has 1 amide bonds. The first-order valence-corrected chi connectivity index (χ1v) is 8.90. The van der Waals surface area contributed by atoms with Crippen molar-refractivity contribution in [1.82, 2.24) is 10.2 Å². The molecule has 0 aliphatic rings. The summed E-state index contributed by atoms with van der Waals surface area (Å²) in [6.45, 7) is 4.35. The van der Waals surface area contributed by atoms with Gasteiger partial charge in [0.25, 0.3) is 0 Å². The van der Waals surface area contributed by atoms with Crippen molar-refractivity contribution in [3.63, 3.8) is 0 Å². The van der Waals surface area contributed by atoms with Crippen molar-refractivity contribution < 1.29 is 14.3 Å². The van der Waals surface area contributed by atoms with Gasteiger partial charge in [-0.2, -0.15) is 0 Å². The summed E-state index contributed by atoms with van der Waals surface area (Å²) in [7, 11) is 3.60. The Hall–Kier alpha value is -2.53. The van der Waals surface area contributed by atoms with Crippen LogP contribution in [0.2, 0.25) is 0 Å². The number of carbonyl (C=O) groups excluding carboxylic acids is 1. The summed E-state index contributed by atoms with van der Waals surface area (Å²) >= 11 is 0. The highest BCUT2D eigenvalue weighted by Gasteiger charge is 2.07. The number of hydrogen-bond donors (Lipinski definition) is 1. The smallest absolute Gasteiger partial charge is 0.234 e. The zero-order valence-electron chi connectivity index (χ0n) is 15.8. The van der Waals surface area contributed by atoms with Gasteiger partial charge in [-0.1, -0.05) is 24.3 Å². The van der Waals surface area contributed by atoms with Gasteiger partial charge in [0.2, 0.25) is 5.91 Å². The maximum Gasteiger partial charge on any atom is 0.234 e. The van der Waals surface area contributed by atoms with E-state index in [4.69, 9.17) is 9.47 Å². The molecular formula is C21H28N2O3. The van der Waals surface area contributed by atoms with Gasteiger partial charge < -0.3 is 14.8 Å². The van der Waals surface area contributed by atoms with Crippen LogP contribution in [-0.2, 0) is 17.8 Å². The lowest BCUT2D eigenvalue weighted by atomic mass is 10.1. The van der Waals surface area contributed by atoms with Crippen LogP contribution < -0.4 is 14.8 Å². The van der Waals surface area contributed by atoms with E-state index in [1.54, 1.807) is 7.11 Å².